The van der Waals surface area contributed by atoms with Gasteiger partial charge in [-0.2, -0.15) is 0 Å². The predicted molar refractivity (Wildman–Crippen MR) is 86.2 cm³/mol. The first kappa shape index (κ1) is 17.7. The van der Waals surface area contributed by atoms with E-state index in [2.05, 4.69) is 10.1 Å². The van der Waals surface area contributed by atoms with E-state index in [9.17, 15) is 18.0 Å². The Morgan fingerprint density at radius 2 is 1.92 bits per heavy atom. The zero-order valence-electron chi connectivity index (χ0n) is 13.7. The van der Waals surface area contributed by atoms with E-state index in [0.29, 0.717) is 17.2 Å². The first-order chi connectivity index (χ1) is 12.3. The van der Waals surface area contributed by atoms with Crippen LogP contribution in [0, 0.1) is 0 Å². The monoisotopic (exact) mass is 368 g/mol. The summed E-state index contributed by atoms with van der Waals surface area (Å²) >= 11 is 0. The molecule has 0 saturated carbocycles. The largest absolute Gasteiger partial charge is 0.573 e. The number of urea groups is 1. The van der Waals surface area contributed by atoms with Crippen LogP contribution in [0.3, 0.4) is 0 Å². The highest BCUT2D eigenvalue weighted by Gasteiger charge is 2.32. The highest BCUT2D eigenvalue weighted by molar-refractivity contribution is 5.89. The van der Waals surface area contributed by atoms with Crippen molar-refractivity contribution < 1.29 is 32.2 Å². The number of halogens is 3. The fourth-order valence-corrected chi connectivity index (χ4v) is 2.38. The molecule has 0 aliphatic carbocycles. The molecule has 9 heteroatoms. The summed E-state index contributed by atoms with van der Waals surface area (Å²) in [5, 5.41) is 2.65. The summed E-state index contributed by atoms with van der Waals surface area (Å²) in [5.41, 5.74) is 0.707. The molecule has 0 saturated heterocycles. The first-order valence-electron chi connectivity index (χ1n) is 7.57. The molecule has 0 aromatic heterocycles. The molecule has 1 N–H and O–H groups in total. The minimum Gasteiger partial charge on any atom is -0.454 e. The molecule has 138 valence electrons. The molecule has 0 radical (unpaired) electrons. The molecule has 2 aromatic rings. The number of alkyl halides is 3. The van der Waals surface area contributed by atoms with E-state index in [1.54, 1.807) is 24.3 Å². The zero-order chi connectivity index (χ0) is 18.7. The van der Waals surface area contributed by atoms with Crippen molar-refractivity contribution in [3.8, 4) is 17.2 Å². The quantitative estimate of drug-likeness (QED) is 0.887. The highest BCUT2D eigenvalue weighted by Crippen LogP contribution is 2.34. The van der Waals surface area contributed by atoms with Gasteiger partial charge in [0.15, 0.2) is 11.5 Å². The Kier molecular flexibility index (Phi) is 4.79. The molecule has 1 heterocycles. The fourth-order valence-electron chi connectivity index (χ4n) is 2.38. The van der Waals surface area contributed by atoms with Gasteiger partial charge in [-0.15, -0.1) is 13.2 Å². The van der Waals surface area contributed by atoms with E-state index in [1.807, 2.05) is 0 Å². The van der Waals surface area contributed by atoms with Crippen LogP contribution >= 0.6 is 0 Å². The third-order valence-corrected chi connectivity index (χ3v) is 3.58. The van der Waals surface area contributed by atoms with E-state index in [4.69, 9.17) is 9.47 Å². The van der Waals surface area contributed by atoms with Gasteiger partial charge in [0.1, 0.15) is 5.75 Å². The molecule has 1 aliphatic heterocycles. The Bertz CT molecular complexity index is 811. The van der Waals surface area contributed by atoms with Gasteiger partial charge in [-0.1, -0.05) is 18.2 Å². The number of benzene rings is 2. The molecule has 6 nitrogen and oxygen atoms in total. The molecular formula is C17H15F3N2O4. The molecule has 26 heavy (non-hydrogen) atoms. The molecule has 3 rings (SSSR count). The zero-order valence-corrected chi connectivity index (χ0v) is 13.7. The molecule has 0 atom stereocenters. The first-order valence-corrected chi connectivity index (χ1v) is 7.57. The normalized spacial score (nSPS) is 12.6. The van der Waals surface area contributed by atoms with E-state index < -0.39 is 12.4 Å². The van der Waals surface area contributed by atoms with Crippen LogP contribution in [-0.4, -0.2) is 31.1 Å². The summed E-state index contributed by atoms with van der Waals surface area (Å²) in [6.45, 7) is 0.0469. The summed E-state index contributed by atoms with van der Waals surface area (Å²) in [4.78, 5) is 13.5. The smallest absolute Gasteiger partial charge is 0.454 e. The van der Waals surface area contributed by atoms with E-state index in [0.717, 1.165) is 0 Å². The Labute approximate surface area is 147 Å². The van der Waals surface area contributed by atoms with Gasteiger partial charge in [0, 0.05) is 24.4 Å². The van der Waals surface area contributed by atoms with Crippen LogP contribution in [0.15, 0.2) is 42.5 Å². The fraction of sp³-hybridized carbons (Fsp3) is 0.235. The number of hydrogen-bond donors (Lipinski definition) is 1. The minimum atomic E-state index is -4.80. The Morgan fingerprint density at radius 1 is 1.19 bits per heavy atom. The van der Waals surface area contributed by atoms with Gasteiger partial charge < -0.3 is 24.4 Å². The molecule has 1 aliphatic rings. The Balaban J connectivity index is 1.66. The van der Waals surface area contributed by atoms with Gasteiger partial charge in [0.05, 0.1) is 6.54 Å². The second-order valence-corrected chi connectivity index (χ2v) is 5.51. The van der Waals surface area contributed by atoms with Crippen molar-refractivity contribution in [2.45, 2.75) is 12.9 Å². The molecule has 0 bridgehead atoms. The maximum absolute atomic E-state index is 12.5. The van der Waals surface area contributed by atoms with Crippen LogP contribution in [0.25, 0.3) is 0 Å². The molecule has 2 amide bonds. The number of amides is 2. The average Bonchev–Trinajstić information content (AvgIpc) is 3.03. The van der Waals surface area contributed by atoms with Crippen molar-refractivity contribution in [2.75, 3.05) is 19.2 Å². The molecular weight excluding hydrogens is 353 g/mol. The number of anilines is 1. The number of hydrogen-bond acceptors (Lipinski definition) is 4. The van der Waals surface area contributed by atoms with Gasteiger partial charge in [-0.05, 0) is 18.2 Å². The van der Waals surface area contributed by atoms with E-state index in [1.165, 1.54) is 30.1 Å². The van der Waals surface area contributed by atoms with Crippen molar-refractivity contribution in [1.82, 2.24) is 4.90 Å². The third kappa shape index (κ3) is 4.29. The highest BCUT2D eigenvalue weighted by atomic mass is 19.4. The molecule has 2 aromatic carbocycles. The minimum absolute atomic E-state index is 0.0668. The SMILES string of the molecule is CN(Cc1ccccc1OC(F)(F)F)C(=O)Nc1ccc2c(c1)OCO2. The summed E-state index contributed by atoms with van der Waals surface area (Å²) in [7, 11) is 1.46. The maximum atomic E-state index is 12.5. The Hall–Kier alpha value is -3.10. The summed E-state index contributed by atoms with van der Waals surface area (Å²) in [6, 6.07) is 10.1. The number of rotatable bonds is 4. The van der Waals surface area contributed by atoms with Gasteiger partial charge in [0.2, 0.25) is 6.79 Å². The van der Waals surface area contributed by atoms with Gasteiger partial charge in [-0.3, -0.25) is 0 Å². The Morgan fingerprint density at radius 3 is 2.69 bits per heavy atom. The summed E-state index contributed by atoms with van der Waals surface area (Å²) in [5.74, 6) is 0.742. The lowest BCUT2D eigenvalue weighted by molar-refractivity contribution is -0.275. The van der Waals surface area contributed by atoms with Gasteiger partial charge >= 0.3 is 12.4 Å². The van der Waals surface area contributed by atoms with Crippen molar-refractivity contribution in [3.05, 3.63) is 48.0 Å². The van der Waals surface area contributed by atoms with Crippen molar-refractivity contribution in [2.24, 2.45) is 0 Å². The van der Waals surface area contributed by atoms with Crippen LogP contribution < -0.4 is 19.5 Å². The molecule has 0 fully saturated rings. The number of para-hydroxylation sites is 1. The second-order valence-electron chi connectivity index (χ2n) is 5.51. The number of fused-ring (bicyclic) bond motifs is 1. The summed E-state index contributed by atoms with van der Waals surface area (Å²) < 4.78 is 51.8. The van der Waals surface area contributed by atoms with Crippen molar-refractivity contribution in [1.29, 1.82) is 0 Å². The van der Waals surface area contributed by atoms with Crippen LogP contribution in [0.5, 0.6) is 17.2 Å². The molecule has 0 spiro atoms. The van der Waals surface area contributed by atoms with Gasteiger partial charge in [-0.25, -0.2) is 4.79 Å². The predicted octanol–water partition coefficient (Wildman–Crippen LogP) is 3.98. The average molecular weight is 368 g/mol. The van der Waals surface area contributed by atoms with Crippen LogP contribution in [0.2, 0.25) is 0 Å². The topological polar surface area (TPSA) is 60.0 Å². The van der Waals surface area contributed by atoms with Crippen molar-refractivity contribution >= 4 is 11.7 Å². The lowest BCUT2D eigenvalue weighted by Crippen LogP contribution is -2.31. The standard InChI is InChI=1S/C17H15F3N2O4/c1-22(9-11-4-2-3-5-13(11)26-17(18,19)20)16(23)21-12-6-7-14-15(8-12)25-10-24-14/h2-8H,9-10H2,1H3,(H,21,23). The number of carbonyl (C=O) groups is 1. The number of carbonyl (C=O) groups excluding carboxylic acids is 1. The van der Waals surface area contributed by atoms with Crippen LogP contribution in [0.1, 0.15) is 5.56 Å². The lowest BCUT2D eigenvalue weighted by atomic mass is 10.2. The second kappa shape index (κ2) is 7.03. The maximum Gasteiger partial charge on any atom is 0.573 e. The summed E-state index contributed by atoms with van der Waals surface area (Å²) in [6.07, 6.45) is -4.80. The number of nitrogens with one attached hydrogen (secondary N) is 1. The lowest BCUT2D eigenvalue weighted by Gasteiger charge is -2.20. The third-order valence-electron chi connectivity index (χ3n) is 3.58. The van der Waals surface area contributed by atoms with Crippen molar-refractivity contribution in [3.63, 3.8) is 0 Å². The van der Waals surface area contributed by atoms with Crippen LogP contribution in [-0.2, 0) is 6.54 Å². The van der Waals surface area contributed by atoms with E-state index in [-0.39, 0.29) is 24.7 Å². The molecule has 0 unspecified atom stereocenters. The van der Waals surface area contributed by atoms with E-state index >= 15 is 0 Å². The number of nitrogens with zero attached hydrogens (tertiary/aromatic N) is 1. The van der Waals surface area contributed by atoms with Crippen LogP contribution in [0.4, 0.5) is 23.7 Å². The number of ether oxygens (including phenoxy) is 3. The van der Waals surface area contributed by atoms with Gasteiger partial charge in [0.25, 0.3) is 0 Å².